The second-order valence-corrected chi connectivity index (χ2v) is 10.7. The largest absolute Gasteiger partial charge is 0.454 e. The van der Waals surface area contributed by atoms with Gasteiger partial charge in [0.05, 0.1) is 10.5 Å². The van der Waals surface area contributed by atoms with Crippen LogP contribution in [0.1, 0.15) is 49.1 Å². The lowest BCUT2D eigenvalue weighted by molar-refractivity contribution is 0.0252. The van der Waals surface area contributed by atoms with E-state index in [9.17, 15) is 18.0 Å². The Morgan fingerprint density at radius 1 is 1.03 bits per heavy atom. The summed E-state index contributed by atoms with van der Waals surface area (Å²) in [5.41, 5.74) is 4.38. The molecule has 1 heterocycles. The molecule has 3 aromatic carbocycles. The number of fused-ring (bicyclic) bond motifs is 1. The SMILES string of the molecule is Cc1cc(S(=O)(=O)N(C)C)cc(NC(=O)c2ccc3c(c2)C[C@H](c2ccccc2)OC3=O)c1C. The van der Waals surface area contributed by atoms with Gasteiger partial charge in [0.15, 0.2) is 0 Å². The van der Waals surface area contributed by atoms with Gasteiger partial charge in [-0.25, -0.2) is 17.5 Å². The van der Waals surface area contributed by atoms with Crippen molar-refractivity contribution in [1.82, 2.24) is 4.31 Å². The summed E-state index contributed by atoms with van der Waals surface area (Å²) in [7, 11) is -0.735. The highest BCUT2D eigenvalue weighted by Crippen LogP contribution is 2.31. The summed E-state index contributed by atoms with van der Waals surface area (Å²) in [6.45, 7) is 3.62. The number of nitrogens with one attached hydrogen (secondary N) is 1. The first-order chi connectivity index (χ1) is 16.1. The van der Waals surface area contributed by atoms with Crippen molar-refractivity contribution in [3.63, 3.8) is 0 Å². The van der Waals surface area contributed by atoms with Crippen LogP contribution in [0.25, 0.3) is 0 Å². The second kappa shape index (κ2) is 9.04. The molecular formula is C26H26N2O5S. The second-order valence-electron chi connectivity index (χ2n) is 8.53. The molecule has 4 rings (SSSR count). The number of hydrogen-bond acceptors (Lipinski definition) is 5. The Hall–Kier alpha value is -3.49. The van der Waals surface area contributed by atoms with Crippen molar-refractivity contribution in [2.75, 3.05) is 19.4 Å². The summed E-state index contributed by atoms with van der Waals surface area (Å²) in [6.07, 6.45) is 0.0401. The van der Waals surface area contributed by atoms with Gasteiger partial charge < -0.3 is 10.1 Å². The highest BCUT2D eigenvalue weighted by molar-refractivity contribution is 7.89. The lowest BCUT2D eigenvalue weighted by Crippen LogP contribution is -2.23. The first kappa shape index (κ1) is 23.7. The number of carbonyl (C=O) groups excluding carboxylic acids is 2. The van der Waals surface area contributed by atoms with Crippen molar-refractivity contribution in [1.29, 1.82) is 0 Å². The van der Waals surface area contributed by atoms with Crippen molar-refractivity contribution in [3.05, 3.63) is 94.0 Å². The van der Waals surface area contributed by atoms with Gasteiger partial charge in [0.1, 0.15) is 6.10 Å². The van der Waals surface area contributed by atoms with Crippen LogP contribution in [0, 0.1) is 13.8 Å². The molecule has 1 amide bonds. The number of hydrogen-bond donors (Lipinski definition) is 1. The van der Waals surface area contributed by atoms with Gasteiger partial charge in [0, 0.05) is 31.8 Å². The Balaban J connectivity index is 1.63. The molecule has 0 saturated heterocycles. The van der Waals surface area contributed by atoms with Crippen LogP contribution < -0.4 is 5.32 Å². The third-order valence-electron chi connectivity index (χ3n) is 6.08. The van der Waals surface area contributed by atoms with Crippen LogP contribution in [-0.2, 0) is 21.2 Å². The Morgan fingerprint density at radius 3 is 2.41 bits per heavy atom. The number of rotatable bonds is 5. The molecule has 0 radical (unpaired) electrons. The van der Waals surface area contributed by atoms with Crippen LogP contribution in [0.2, 0.25) is 0 Å². The van der Waals surface area contributed by atoms with Crippen molar-refractivity contribution in [2.45, 2.75) is 31.3 Å². The molecule has 34 heavy (non-hydrogen) atoms. The van der Waals surface area contributed by atoms with Gasteiger partial charge in [-0.05, 0) is 66.4 Å². The fourth-order valence-electron chi connectivity index (χ4n) is 3.90. The van der Waals surface area contributed by atoms with Crippen molar-refractivity contribution in [2.24, 2.45) is 0 Å². The molecule has 1 atom stereocenters. The molecule has 0 aromatic heterocycles. The maximum absolute atomic E-state index is 13.1. The molecule has 176 valence electrons. The molecular weight excluding hydrogens is 452 g/mol. The standard InChI is InChI=1S/C26H26N2O5S/c1-16-12-21(34(31,32)28(3)4)15-23(17(16)2)27-25(29)19-10-11-22-20(13-19)14-24(33-26(22)30)18-8-6-5-7-9-18/h5-13,15,24H,14H2,1-4H3,(H,27,29)/t24-/m1/s1. The summed E-state index contributed by atoms with van der Waals surface area (Å²) in [4.78, 5) is 25.7. The molecule has 0 fully saturated rings. The molecule has 0 bridgehead atoms. The zero-order valence-electron chi connectivity index (χ0n) is 19.5. The van der Waals surface area contributed by atoms with Gasteiger partial charge in [0.25, 0.3) is 5.91 Å². The molecule has 3 aromatic rings. The van der Waals surface area contributed by atoms with E-state index in [1.54, 1.807) is 31.2 Å². The molecule has 0 saturated carbocycles. The number of carbonyl (C=O) groups is 2. The molecule has 0 aliphatic carbocycles. The van der Waals surface area contributed by atoms with Gasteiger partial charge in [-0.1, -0.05) is 30.3 Å². The van der Waals surface area contributed by atoms with E-state index in [-0.39, 0.29) is 10.8 Å². The third kappa shape index (κ3) is 4.47. The summed E-state index contributed by atoms with van der Waals surface area (Å²) < 4.78 is 31.9. The van der Waals surface area contributed by atoms with Gasteiger partial charge in [-0.15, -0.1) is 0 Å². The smallest absolute Gasteiger partial charge is 0.339 e. The first-order valence-corrected chi connectivity index (χ1v) is 12.3. The van der Waals surface area contributed by atoms with E-state index < -0.39 is 22.1 Å². The van der Waals surface area contributed by atoms with E-state index in [1.807, 2.05) is 37.3 Å². The fraction of sp³-hybridized carbons (Fsp3) is 0.231. The highest BCUT2D eigenvalue weighted by atomic mass is 32.2. The van der Waals surface area contributed by atoms with E-state index >= 15 is 0 Å². The quantitative estimate of drug-likeness (QED) is 0.553. The zero-order chi connectivity index (χ0) is 24.6. The summed E-state index contributed by atoms with van der Waals surface area (Å²) in [6, 6.07) is 17.4. The number of cyclic esters (lactones) is 1. The van der Waals surface area contributed by atoms with Gasteiger partial charge in [0.2, 0.25) is 10.0 Å². The summed E-state index contributed by atoms with van der Waals surface area (Å²) in [5.74, 6) is -0.810. The van der Waals surface area contributed by atoms with Crippen LogP contribution >= 0.6 is 0 Å². The maximum Gasteiger partial charge on any atom is 0.339 e. The van der Waals surface area contributed by atoms with Gasteiger partial charge >= 0.3 is 5.97 Å². The molecule has 1 N–H and O–H groups in total. The number of amides is 1. The number of anilines is 1. The lowest BCUT2D eigenvalue weighted by atomic mass is 9.93. The minimum absolute atomic E-state index is 0.106. The van der Waals surface area contributed by atoms with Crippen LogP contribution in [0.5, 0.6) is 0 Å². The molecule has 0 spiro atoms. The van der Waals surface area contributed by atoms with Gasteiger partial charge in [-0.3, -0.25) is 4.79 Å². The van der Waals surface area contributed by atoms with E-state index in [0.717, 1.165) is 26.6 Å². The average molecular weight is 479 g/mol. The monoisotopic (exact) mass is 478 g/mol. The van der Waals surface area contributed by atoms with E-state index in [2.05, 4.69) is 5.32 Å². The summed E-state index contributed by atoms with van der Waals surface area (Å²) >= 11 is 0. The number of benzene rings is 3. The van der Waals surface area contributed by atoms with E-state index in [4.69, 9.17) is 4.74 Å². The number of nitrogens with zero attached hydrogens (tertiary/aromatic N) is 1. The number of ether oxygens (including phenoxy) is 1. The van der Waals surface area contributed by atoms with Crippen molar-refractivity contribution >= 4 is 27.6 Å². The predicted molar refractivity (Wildman–Crippen MR) is 129 cm³/mol. The van der Waals surface area contributed by atoms with E-state index in [1.165, 1.54) is 20.2 Å². The molecule has 1 aliphatic rings. The first-order valence-electron chi connectivity index (χ1n) is 10.8. The highest BCUT2D eigenvalue weighted by Gasteiger charge is 2.28. The number of aryl methyl sites for hydroxylation is 1. The van der Waals surface area contributed by atoms with Crippen molar-refractivity contribution in [3.8, 4) is 0 Å². The minimum atomic E-state index is -3.66. The van der Waals surface area contributed by atoms with Crippen LogP contribution in [-0.4, -0.2) is 38.7 Å². The zero-order valence-corrected chi connectivity index (χ0v) is 20.3. The molecule has 1 aliphatic heterocycles. The minimum Gasteiger partial charge on any atom is -0.454 e. The van der Waals surface area contributed by atoms with E-state index in [0.29, 0.717) is 23.2 Å². The average Bonchev–Trinajstić information content (AvgIpc) is 2.81. The maximum atomic E-state index is 13.1. The summed E-state index contributed by atoms with van der Waals surface area (Å²) in [5, 5.41) is 2.84. The lowest BCUT2D eigenvalue weighted by Gasteiger charge is -2.25. The van der Waals surface area contributed by atoms with Crippen LogP contribution in [0.4, 0.5) is 5.69 Å². The Bertz CT molecular complexity index is 1380. The normalized spacial score (nSPS) is 15.6. The number of esters is 1. The molecule has 8 heteroatoms. The molecule has 0 unspecified atom stereocenters. The molecule has 7 nitrogen and oxygen atoms in total. The van der Waals surface area contributed by atoms with Crippen LogP contribution in [0.15, 0.2) is 65.6 Å². The third-order valence-corrected chi connectivity index (χ3v) is 7.87. The topological polar surface area (TPSA) is 92.8 Å². The Kier molecular flexibility index (Phi) is 6.29. The fourth-order valence-corrected chi connectivity index (χ4v) is 4.92. The Morgan fingerprint density at radius 2 is 1.74 bits per heavy atom. The van der Waals surface area contributed by atoms with Crippen LogP contribution in [0.3, 0.4) is 0 Å². The number of sulfonamides is 1. The van der Waals surface area contributed by atoms with Gasteiger partial charge in [-0.2, -0.15) is 0 Å². The van der Waals surface area contributed by atoms with Crippen molar-refractivity contribution < 1.29 is 22.7 Å². The predicted octanol–water partition coefficient (Wildman–Crippen LogP) is 4.26. The Labute approximate surface area is 199 Å².